The number of carbonyl (C=O) groups is 2. The Labute approximate surface area is 125 Å². The summed E-state index contributed by atoms with van der Waals surface area (Å²) < 4.78 is 0. The van der Waals surface area contributed by atoms with E-state index in [9.17, 15) is 9.59 Å². The molecule has 1 aromatic carbocycles. The molecule has 21 heavy (non-hydrogen) atoms. The lowest BCUT2D eigenvalue weighted by Crippen LogP contribution is -2.28. The third kappa shape index (κ3) is 4.04. The molecule has 0 spiro atoms. The van der Waals surface area contributed by atoms with Crippen LogP contribution >= 0.6 is 0 Å². The summed E-state index contributed by atoms with van der Waals surface area (Å²) in [7, 11) is 1.76. The van der Waals surface area contributed by atoms with Crippen molar-refractivity contribution in [3.8, 4) is 0 Å². The highest BCUT2D eigenvalue weighted by Crippen LogP contribution is 2.19. The minimum atomic E-state index is 0.0218. The zero-order valence-corrected chi connectivity index (χ0v) is 12.8. The summed E-state index contributed by atoms with van der Waals surface area (Å²) in [5, 5.41) is 6.21. The summed E-state index contributed by atoms with van der Waals surface area (Å²) in [6.07, 6.45) is 0. The van der Waals surface area contributed by atoms with Gasteiger partial charge in [0.05, 0.1) is 5.92 Å². The zero-order chi connectivity index (χ0) is 15.4. The molecule has 2 unspecified atom stereocenters. The molecule has 0 aromatic heterocycles. The molecule has 1 fully saturated rings. The maximum Gasteiger partial charge on any atom is 0.229 e. The van der Waals surface area contributed by atoms with Crippen molar-refractivity contribution in [3.63, 3.8) is 0 Å². The fraction of sp³-hybridized carbons (Fsp3) is 0.500. The van der Waals surface area contributed by atoms with Gasteiger partial charge < -0.3 is 15.5 Å². The molecule has 1 aromatic rings. The average Bonchev–Trinajstić information content (AvgIpc) is 2.85. The molecule has 1 aliphatic rings. The van der Waals surface area contributed by atoms with E-state index in [0.29, 0.717) is 12.5 Å². The van der Waals surface area contributed by atoms with E-state index in [0.717, 1.165) is 24.3 Å². The van der Waals surface area contributed by atoms with E-state index in [4.69, 9.17) is 0 Å². The van der Waals surface area contributed by atoms with Crippen molar-refractivity contribution < 1.29 is 9.59 Å². The minimum Gasteiger partial charge on any atom is -0.342 e. The van der Waals surface area contributed by atoms with E-state index in [2.05, 4.69) is 17.6 Å². The number of amides is 2. The van der Waals surface area contributed by atoms with Crippen molar-refractivity contribution in [1.82, 2.24) is 10.2 Å². The second kappa shape index (κ2) is 6.72. The third-order valence-electron chi connectivity index (χ3n) is 4.01. The van der Waals surface area contributed by atoms with Gasteiger partial charge in [0.2, 0.25) is 11.8 Å². The minimum absolute atomic E-state index is 0.0218. The Morgan fingerprint density at radius 3 is 2.76 bits per heavy atom. The molecule has 2 rings (SSSR count). The molecule has 1 aliphatic heterocycles. The second-order valence-corrected chi connectivity index (χ2v) is 5.81. The smallest absolute Gasteiger partial charge is 0.229 e. The summed E-state index contributed by atoms with van der Waals surface area (Å²) in [5.41, 5.74) is 1.79. The van der Waals surface area contributed by atoms with Crippen molar-refractivity contribution in [1.29, 1.82) is 0 Å². The third-order valence-corrected chi connectivity index (χ3v) is 4.01. The molecule has 1 heterocycles. The Hall–Kier alpha value is -1.88. The number of carbonyl (C=O) groups excluding carboxylic acids is 2. The van der Waals surface area contributed by atoms with Crippen molar-refractivity contribution >= 4 is 17.5 Å². The van der Waals surface area contributed by atoms with Crippen molar-refractivity contribution in [2.45, 2.75) is 20.4 Å². The van der Waals surface area contributed by atoms with Gasteiger partial charge in [-0.1, -0.05) is 19.1 Å². The van der Waals surface area contributed by atoms with E-state index in [1.54, 1.807) is 18.9 Å². The lowest BCUT2D eigenvalue weighted by Gasteiger charge is -2.17. The van der Waals surface area contributed by atoms with Gasteiger partial charge in [-0.25, -0.2) is 0 Å². The molecule has 2 N–H and O–H groups in total. The highest BCUT2D eigenvalue weighted by atomic mass is 16.2. The summed E-state index contributed by atoms with van der Waals surface area (Å²) in [6, 6.07) is 7.65. The Morgan fingerprint density at radius 2 is 2.14 bits per heavy atom. The number of nitrogens with zero attached hydrogens (tertiary/aromatic N) is 1. The average molecular weight is 289 g/mol. The van der Waals surface area contributed by atoms with Crippen LogP contribution in [0.5, 0.6) is 0 Å². The Kier molecular flexibility index (Phi) is 4.96. The predicted molar refractivity (Wildman–Crippen MR) is 82.7 cm³/mol. The first-order chi connectivity index (χ1) is 9.97. The van der Waals surface area contributed by atoms with Crippen LogP contribution < -0.4 is 10.6 Å². The van der Waals surface area contributed by atoms with Crippen LogP contribution in [-0.4, -0.2) is 36.9 Å². The molecular weight excluding hydrogens is 266 g/mol. The van der Waals surface area contributed by atoms with E-state index in [-0.39, 0.29) is 17.7 Å². The number of rotatable bonds is 4. The molecule has 0 radical (unpaired) electrons. The molecule has 2 amide bonds. The van der Waals surface area contributed by atoms with Crippen LogP contribution in [-0.2, 0) is 16.1 Å². The van der Waals surface area contributed by atoms with Crippen LogP contribution in [0.1, 0.15) is 19.4 Å². The number of nitrogens with one attached hydrogen (secondary N) is 2. The molecule has 5 heteroatoms. The topological polar surface area (TPSA) is 61.4 Å². The predicted octanol–water partition coefficient (Wildman–Crippen LogP) is 1.46. The summed E-state index contributed by atoms with van der Waals surface area (Å²) >= 11 is 0. The van der Waals surface area contributed by atoms with Gasteiger partial charge >= 0.3 is 0 Å². The monoisotopic (exact) mass is 289 g/mol. The number of hydrogen-bond acceptors (Lipinski definition) is 3. The summed E-state index contributed by atoms with van der Waals surface area (Å²) in [4.78, 5) is 25.2. The first kappa shape index (κ1) is 15.5. The van der Waals surface area contributed by atoms with Gasteiger partial charge in [0, 0.05) is 32.7 Å². The van der Waals surface area contributed by atoms with Gasteiger partial charge in [-0.05, 0) is 30.2 Å². The lowest BCUT2D eigenvalue weighted by atomic mass is 9.97. The quantitative estimate of drug-likeness (QED) is 0.882. The highest BCUT2D eigenvalue weighted by Gasteiger charge is 2.29. The van der Waals surface area contributed by atoms with Crippen molar-refractivity contribution in [3.05, 3.63) is 29.8 Å². The fourth-order valence-corrected chi connectivity index (χ4v) is 2.53. The van der Waals surface area contributed by atoms with E-state index < -0.39 is 0 Å². The molecule has 0 aliphatic carbocycles. The van der Waals surface area contributed by atoms with E-state index in [1.165, 1.54) is 0 Å². The van der Waals surface area contributed by atoms with Gasteiger partial charge in [-0.15, -0.1) is 0 Å². The Morgan fingerprint density at radius 1 is 1.38 bits per heavy atom. The fourth-order valence-electron chi connectivity index (χ4n) is 2.53. The van der Waals surface area contributed by atoms with Crippen LogP contribution in [0.3, 0.4) is 0 Å². The molecular formula is C16H23N3O2. The molecule has 114 valence electrons. The summed E-state index contributed by atoms with van der Waals surface area (Å²) in [5.74, 6) is 0.463. The Bertz CT molecular complexity index is 530. The van der Waals surface area contributed by atoms with Crippen LogP contribution in [0, 0.1) is 11.8 Å². The van der Waals surface area contributed by atoms with Gasteiger partial charge in [0.25, 0.3) is 0 Å². The second-order valence-electron chi connectivity index (χ2n) is 5.81. The van der Waals surface area contributed by atoms with Crippen LogP contribution in [0.15, 0.2) is 24.3 Å². The van der Waals surface area contributed by atoms with E-state index >= 15 is 0 Å². The molecule has 0 saturated carbocycles. The van der Waals surface area contributed by atoms with E-state index in [1.807, 2.05) is 24.3 Å². The zero-order valence-electron chi connectivity index (χ0n) is 12.8. The number of hydrogen-bond donors (Lipinski definition) is 2. The Balaban J connectivity index is 2.00. The molecule has 1 saturated heterocycles. The standard InChI is InChI=1S/C16H23N3O2/c1-11-8-17-9-15(11)16(21)18-14-6-4-5-13(7-14)10-19(3)12(2)20/h4-7,11,15,17H,8-10H2,1-3H3,(H,18,21). The van der Waals surface area contributed by atoms with Crippen molar-refractivity contribution in [2.24, 2.45) is 11.8 Å². The summed E-state index contributed by atoms with van der Waals surface area (Å²) in [6.45, 7) is 5.80. The molecule has 2 atom stereocenters. The number of anilines is 1. The maximum absolute atomic E-state index is 12.3. The van der Waals surface area contributed by atoms with Gasteiger partial charge in [-0.2, -0.15) is 0 Å². The molecule has 5 nitrogen and oxygen atoms in total. The molecule has 0 bridgehead atoms. The lowest BCUT2D eigenvalue weighted by molar-refractivity contribution is -0.128. The van der Waals surface area contributed by atoms with Crippen molar-refractivity contribution in [2.75, 3.05) is 25.5 Å². The van der Waals surface area contributed by atoms with Crippen LogP contribution in [0.2, 0.25) is 0 Å². The SMILES string of the molecule is CC(=O)N(C)Cc1cccc(NC(=O)C2CNCC2C)c1. The first-order valence-electron chi connectivity index (χ1n) is 7.29. The number of benzene rings is 1. The van der Waals surface area contributed by atoms with Crippen LogP contribution in [0.25, 0.3) is 0 Å². The van der Waals surface area contributed by atoms with Gasteiger partial charge in [0.15, 0.2) is 0 Å². The van der Waals surface area contributed by atoms with Gasteiger partial charge in [-0.3, -0.25) is 9.59 Å². The van der Waals surface area contributed by atoms with Gasteiger partial charge in [0.1, 0.15) is 0 Å². The van der Waals surface area contributed by atoms with Crippen LogP contribution in [0.4, 0.5) is 5.69 Å². The first-order valence-corrected chi connectivity index (χ1v) is 7.29. The maximum atomic E-state index is 12.3. The normalized spacial score (nSPS) is 21.1. The highest BCUT2D eigenvalue weighted by molar-refractivity contribution is 5.93. The largest absolute Gasteiger partial charge is 0.342 e.